The van der Waals surface area contributed by atoms with E-state index in [9.17, 15) is 10.2 Å². The second-order valence-corrected chi connectivity index (χ2v) is 6.86. The molecular weight excluding hydrogens is 336 g/mol. The molecular formula is C23H32N2O2. The van der Waals surface area contributed by atoms with Crippen molar-refractivity contribution in [2.75, 3.05) is 13.1 Å². The first-order chi connectivity index (χ1) is 13.2. The third-order valence-electron chi connectivity index (χ3n) is 4.71. The van der Waals surface area contributed by atoms with Gasteiger partial charge in [0.15, 0.2) is 0 Å². The van der Waals surface area contributed by atoms with E-state index in [0.717, 1.165) is 30.5 Å². The number of hydrogen-bond acceptors (Lipinski definition) is 4. The third-order valence-corrected chi connectivity index (χ3v) is 4.71. The van der Waals surface area contributed by atoms with E-state index in [2.05, 4.69) is 17.2 Å². The Kier molecular flexibility index (Phi) is 9.42. The minimum absolute atomic E-state index is 0.133. The summed E-state index contributed by atoms with van der Waals surface area (Å²) < 4.78 is 0. The lowest BCUT2D eigenvalue weighted by Crippen LogP contribution is -2.24. The lowest BCUT2D eigenvalue weighted by atomic mass is 9.99. The van der Waals surface area contributed by atoms with Crippen LogP contribution in [-0.2, 0) is 0 Å². The number of aliphatic imine (C=N–C) groups is 1. The number of hydrogen-bond donors (Lipinski definition) is 3. The van der Waals surface area contributed by atoms with Crippen LogP contribution in [0.4, 0.5) is 0 Å². The summed E-state index contributed by atoms with van der Waals surface area (Å²) in [5.74, 6) is 0.592. The van der Waals surface area contributed by atoms with Crippen molar-refractivity contribution in [3.63, 3.8) is 0 Å². The molecule has 3 N–H and O–H groups in total. The van der Waals surface area contributed by atoms with Crippen LogP contribution in [0, 0.1) is 0 Å². The molecule has 2 aromatic rings. The second-order valence-electron chi connectivity index (χ2n) is 6.86. The van der Waals surface area contributed by atoms with Gasteiger partial charge < -0.3 is 15.5 Å². The Morgan fingerprint density at radius 3 is 2.37 bits per heavy atom. The molecule has 2 aromatic carbocycles. The van der Waals surface area contributed by atoms with Crippen LogP contribution in [0.3, 0.4) is 0 Å². The van der Waals surface area contributed by atoms with Crippen LogP contribution in [0.1, 0.15) is 62.6 Å². The molecule has 0 bridgehead atoms. The lowest BCUT2D eigenvalue weighted by Gasteiger charge is -2.20. The Balaban J connectivity index is 1.86. The predicted molar refractivity (Wildman–Crippen MR) is 113 cm³/mol. The highest BCUT2D eigenvalue weighted by molar-refractivity contribution is 5.83. The first-order valence-corrected chi connectivity index (χ1v) is 10.0. The van der Waals surface area contributed by atoms with Crippen molar-refractivity contribution < 1.29 is 10.2 Å². The first kappa shape index (κ1) is 21.0. The highest BCUT2D eigenvalue weighted by atomic mass is 16.3. The van der Waals surface area contributed by atoms with Crippen molar-refractivity contribution in [2.24, 2.45) is 4.99 Å². The molecule has 1 unspecified atom stereocenters. The van der Waals surface area contributed by atoms with Gasteiger partial charge in [-0.05, 0) is 24.6 Å². The average molecular weight is 369 g/mol. The summed E-state index contributed by atoms with van der Waals surface area (Å²) in [6.07, 6.45) is 8.89. The quantitative estimate of drug-likeness (QED) is 0.356. The van der Waals surface area contributed by atoms with Crippen LogP contribution in [-0.4, -0.2) is 29.5 Å². The van der Waals surface area contributed by atoms with Crippen molar-refractivity contribution in [3.8, 4) is 11.5 Å². The molecule has 0 saturated heterocycles. The summed E-state index contributed by atoms with van der Waals surface area (Å²) in [7, 11) is 0. The minimum atomic E-state index is 0.133. The van der Waals surface area contributed by atoms with Gasteiger partial charge in [0, 0.05) is 29.9 Å². The summed E-state index contributed by atoms with van der Waals surface area (Å²) in [6.45, 7) is 3.56. The standard InChI is InChI=1S/C23H32N2O2/c1-2-3-4-5-6-13-21(20-12-8-10-15-23(20)27)25-17-16-24-18-19-11-7-9-14-22(19)26/h7-12,14-15,18,21,25-27H,2-6,13,16-17H2,1H3. The van der Waals surface area contributed by atoms with Gasteiger partial charge in [0.1, 0.15) is 11.5 Å². The lowest BCUT2D eigenvalue weighted by molar-refractivity contribution is 0.428. The molecule has 0 saturated carbocycles. The van der Waals surface area contributed by atoms with Crippen LogP contribution in [0.25, 0.3) is 0 Å². The molecule has 0 aliphatic heterocycles. The molecule has 0 amide bonds. The van der Waals surface area contributed by atoms with Crippen molar-refractivity contribution in [1.82, 2.24) is 5.32 Å². The summed E-state index contributed by atoms with van der Waals surface area (Å²) in [5, 5.41) is 23.5. The summed E-state index contributed by atoms with van der Waals surface area (Å²) in [4.78, 5) is 4.40. The number of rotatable bonds is 12. The van der Waals surface area contributed by atoms with Crippen molar-refractivity contribution >= 4 is 6.21 Å². The van der Waals surface area contributed by atoms with Gasteiger partial charge in [-0.25, -0.2) is 0 Å². The smallest absolute Gasteiger partial charge is 0.124 e. The number of phenols is 2. The van der Waals surface area contributed by atoms with E-state index in [4.69, 9.17) is 0 Å². The van der Waals surface area contributed by atoms with E-state index in [1.165, 1.54) is 25.7 Å². The summed E-state index contributed by atoms with van der Waals surface area (Å²) in [6, 6.07) is 14.9. The van der Waals surface area contributed by atoms with Crippen LogP contribution in [0.15, 0.2) is 53.5 Å². The Morgan fingerprint density at radius 1 is 0.926 bits per heavy atom. The molecule has 4 nitrogen and oxygen atoms in total. The van der Waals surface area contributed by atoms with Gasteiger partial charge in [0.25, 0.3) is 0 Å². The SMILES string of the molecule is CCCCCCCC(NCCN=Cc1ccccc1O)c1ccccc1O. The van der Waals surface area contributed by atoms with Crippen LogP contribution < -0.4 is 5.32 Å². The fourth-order valence-electron chi connectivity index (χ4n) is 3.16. The monoisotopic (exact) mass is 368 g/mol. The third kappa shape index (κ3) is 7.43. The molecule has 0 aromatic heterocycles. The predicted octanol–water partition coefficient (Wildman–Crippen LogP) is 5.21. The maximum Gasteiger partial charge on any atom is 0.124 e. The van der Waals surface area contributed by atoms with Gasteiger partial charge in [-0.1, -0.05) is 69.4 Å². The first-order valence-electron chi connectivity index (χ1n) is 10.0. The van der Waals surface area contributed by atoms with Crippen LogP contribution in [0.2, 0.25) is 0 Å². The summed E-state index contributed by atoms with van der Waals surface area (Å²) in [5.41, 5.74) is 1.68. The normalized spacial score (nSPS) is 12.5. The average Bonchev–Trinajstić information content (AvgIpc) is 2.68. The Labute approximate surface area is 163 Å². The fourth-order valence-corrected chi connectivity index (χ4v) is 3.16. The number of phenolic OH excluding ortho intramolecular Hbond substituents is 2. The van der Waals surface area contributed by atoms with E-state index < -0.39 is 0 Å². The maximum absolute atomic E-state index is 10.2. The molecule has 0 aliphatic carbocycles. The number of unbranched alkanes of at least 4 members (excludes halogenated alkanes) is 4. The topological polar surface area (TPSA) is 64.9 Å². The minimum Gasteiger partial charge on any atom is -0.508 e. The zero-order chi connectivity index (χ0) is 19.3. The Bertz CT molecular complexity index is 700. The zero-order valence-electron chi connectivity index (χ0n) is 16.3. The number of benzene rings is 2. The molecule has 0 aliphatic rings. The molecule has 27 heavy (non-hydrogen) atoms. The van der Waals surface area contributed by atoms with Gasteiger partial charge in [-0.3, -0.25) is 4.99 Å². The van der Waals surface area contributed by atoms with Gasteiger partial charge in [-0.15, -0.1) is 0 Å². The van der Waals surface area contributed by atoms with Gasteiger partial charge >= 0.3 is 0 Å². The van der Waals surface area contributed by atoms with Gasteiger partial charge in [0.2, 0.25) is 0 Å². The highest BCUT2D eigenvalue weighted by Crippen LogP contribution is 2.27. The van der Waals surface area contributed by atoms with E-state index in [1.807, 2.05) is 30.3 Å². The fraction of sp³-hybridized carbons (Fsp3) is 0.435. The number of nitrogens with one attached hydrogen (secondary N) is 1. The van der Waals surface area contributed by atoms with Gasteiger partial charge in [0.05, 0.1) is 6.54 Å². The number of aromatic hydroxyl groups is 2. The summed E-state index contributed by atoms with van der Waals surface area (Å²) >= 11 is 0. The van der Waals surface area contributed by atoms with Crippen LogP contribution >= 0.6 is 0 Å². The van der Waals surface area contributed by atoms with Crippen LogP contribution in [0.5, 0.6) is 11.5 Å². The highest BCUT2D eigenvalue weighted by Gasteiger charge is 2.13. The maximum atomic E-state index is 10.2. The largest absolute Gasteiger partial charge is 0.508 e. The van der Waals surface area contributed by atoms with E-state index in [-0.39, 0.29) is 11.8 Å². The number of para-hydroxylation sites is 2. The van der Waals surface area contributed by atoms with Crippen molar-refractivity contribution in [3.05, 3.63) is 59.7 Å². The molecule has 2 rings (SSSR count). The van der Waals surface area contributed by atoms with Gasteiger partial charge in [-0.2, -0.15) is 0 Å². The molecule has 146 valence electrons. The van der Waals surface area contributed by atoms with Crippen molar-refractivity contribution in [1.29, 1.82) is 0 Å². The molecule has 1 atom stereocenters. The number of nitrogens with zero attached hydrogens (tertiary/aromatic N) is 1. The molecule has 4 heteroatoms. The zero-order valence-corrected chi connectivity index (χ0v) is 16.3. The Hall–Kier alpha value is -2.33. The molecule has 0 heterocycles. The molecule has 0 spiro atoms. The molecule has 0 radical (unpaired) electrons. The molecule has 0 fully saturated rings. The van der Waals surface area contributed by atoms with Crippen molar-refractivity contribution in [2.45, 2.75) is 51.5 Å². The van der Waals surface area contributed by atoms with E-state index >= 15 is 0 Å². The van der Waals surface area contributed by atoms with E-state index in [1.54, 1.807) is 24.4 Å². The Morgan fingerprint density at radius 2 is 1.63 bits per heavy atom. The van der Waals surface area contributed by atoms with E-state index in [0.29, 0.717) is 12.3 Å². The second kappa shape index (κ2) is 12.1.